The molecule has 1 aromatic heterocycles. The molecule has 0 aliphatic carbocycles. The van der Waals surface area contributed by atoms with Gasteiger partial charge in [-0.2, -0.15) is 31.3 Å². The van der Waals surface area contributed by atoms with E-state index in [9.17, 15) is 26.3 Å². The van der Waals surface area contributed by atoms with Crippen molar-refractivity contribution < 1.29 is 26.3 Å². The van der Waals surface area contributed by atoms with Gasteiger partial charge in [0, 0.05) is 19.6 Å². The van der Waals surface area contributed by atoms with Gasteiger partial charge in [-0.3, -0.25) is 5.10 Å². The average molecular weight is 317 g/mol. The number of nitrogens with one attached hydrogen (secondary N) is 2. The largest absolute Gasteiger partial charge is 0.407 e. The molecule has 0 aromatic carbocycles. The summed E-state index contributed by atoms with van der Waals surface area (Å²) in [7, 11) is 0. The first kappa shape index (κ1) is 15.9. The normalized spacial score (nSPS) is 18.1. The molecule has 2 N–H and O–H groups in total. The average Bonchev–Trinajstić information content (AvgIpc) is 2.61. The van der Waals surface area contributed by atoms with Crippen LogP contribution in [0.15, 0.2) is 0 Å². The first-order chi connectivity index (χ1) is 9.69. The van der Waals surface area contributed by atoms with Crippen LogP contribution in [0.2, 0.25) is 0 Å². The summed E-state index contributed by atoms with van der Waals surface area (Å²) >= 11 is 0. The summed E-state index contributed by atoms with van der Waals surface area (Å²) in [5.41, 5.74) is 0. The highest BCUT2D eigenvalue weighted by molar-refractivity contribution is 5.30. The van der Waals surface area contributed by atoms with E-state index in [1.165, 1.54) is 0 Å². The van der Waals surface area contributed by atoms with Gasteiger partial charge in [0.2, 0.25) is 11.9 Å². The Labute approximate surface area is 115 Å². The van der Waals surface area contributed by atoms with Gasteiger partial charge in [0.1, 0.15) is 5.82 Å². The molecule has 1 fully saturated rings. The molecule has 0 unspecified atom stereocenters. The van der Waals surface area contributed by atoms with Gasteiger partial charge in [-0.25, -0.2) is 0 Å². The first-order valence-corrected chi connectivity index (χ1v) is 6.21. The van der Waals surface area contributed by atoms with Gasteiger partial charge in [0.15, 0.2) is 0 Å². The van der Waals surface area contributed by atoms with E-state index in [-0.39, 0.29) is 5.95 Å². The highest BCUT2D eigenvalue weighted by Gasteiger charge is 2.59. The van der Waals surface area contributed by atoms with Crippen molar-refractivity contribution in [3.63, 3.8) is 0 Å². The van der Waals surface area contributed by atoms with Gasteiger partial charge in [-0.15, -0.1) is 5.10 Å². The van der Waals surface area contributed by atoms with Crippen LogP contribution < -0.4 is 10.2 Å². The van der Waals surface area contributed by atoms with Crippen LogP contribution in [0.25, 0.3) is 0 Å². The maximum atomic E-state index is 12.6. The van der Waals surface area contributed by atoms with Gasteiger partial charge in [-0.1, -0.05) is 0 Å². The number of rotatable bonds is 2. The van der Waals surface area contributed by atoms with Crippen LogP contribution in [0.4, 0.5) is 32.3 Å². The molecular formula is C10H13F6N5. The van der Waals surface area contributed by atoms with Crippen molar-refractivity contribution in [2.24, 2.45) is 0 Å². The van der Waals surface area contributed by atoms with Crippen LogP contribution in [0.5, 0.6) is 0 Å². The van der Waals surface area contributed by atoms with Crippen molar-refractivity contribution in [1.29, 1.82) is 0 Å². The number of halogens is 6. The fraction of sp³-hybridized carbons (Fsp3) is 0.800. The molecular weight excluding hydrogens is 304 g/mol. The van der Waals surface area contributed by atoms with Crippen LogP contribution >= 0.6 is 0 Å². The second-order valence-electron chi connectivity index (χ2n) is 4.63. The molecule has 0 radical (unpaired) electrons. The summed E-state index contributed by atoms with van der Waals surface area (Å²) in [6.07, 6.45) is -10.3. The van der Waals surface area contributed by atoms with E-state index in [4.69, 9.17) is 0 Å². The summed E-state index contributed by atoms with van der Waals surface area (Å²) in [5.74, 6) is -5.04. The Hall–Kier alpha value is -1.52. The lowest BCUT2D eigenvalue weighted by molar-refractivity contribution is -0.255. The third kappa shape index (κ3) is 3.77. The molecule has 0 bridgehead atoms. The molecule has 1 aliphatic heterocycles. The fourth-order valence-electron chi connectivity index (χ4n) is 2.08. The molecule has 2 rings (SSSR count). The number of aromatic nitrogens is 3. The monoisotopic (exact) mass is 317 g/mol. The number of nitrogens with zero attached hydrogens (tertiary/aromatic N) is 3. The van der Waals surface area contributed by atoms with Crippen molar-refractivity contribution in [1.82, 2.24) is 20.5 Å². The maximum Gasteiger partial charge on any atom is 0.407 e. The fourth-order valence-corrected chi connectivity index (χ4v) is 2.08. The SMILES string of the molecule is FC(F)(F)C(c1nc(N2CCCNCC2)n[nH]1)C(F)(F)F. The van der Waals surface area contributed by atoms with Gasteiger partial charge < -0.3 is 10.2 Å². The zero-order valence-electron chi connectivity index (χ0n) is 10.7. The second kappa shape index (κ2) is 5.70. The van der Waals surface area contributed by atoms with Crippen LogP contribution in [0.1, 0.15) is 18.2 Å². The summed E-state index contributed by atoms with van der Waals surface area (Å²) < 4.78 is 75.5. The van der Waals surface area contributed by atoms with E-state index in [0.29, 0.717) is 26.1 Å². The Bertz CT molecular complexity index is 445. The minimum Gasteiger partial charge on any atom is -0.338 e. The predicted molar refractivity (Wildman–Crippen MR) is 60.9 cm³/mol. The van der Waals surface area contributed by atoms with Crippen LogP contribution in [-0.4, -0.2) is 53.7 Å². The highest BCUT2D eigenvalue weighted by atomic mass is 19.4. The Balaban J connectivity index is 2.24. The molecule has 0 spiro atoms. The van der Waals surface area contributed by atoms with Crippen molar-refractivity contribution in [3.05, 3.63) is 5.82 Å². The van der Waals surface area contributed by atoms with E-state index >= 15 is 0 Å². The lowest BCUT2D eigenvalue weighted by atomic mass is 10.1. The zero-order valence-corrected chi connectivity index (χ0v) is 10.7. The Morgan fingerprint density at radius 3 is 2.29 bits per heavy atom. The van der Waals surface area contributed by atoms with Crippen LogP contribution in [-0.2, 0) is 0 Å². The van der Waals surface area contributed by atoms with Gasteiger partial charge in [0.25, 0.3) is 0 Å². The summed E-state index contributed by atoms with van der Waals surface area (Å²) in [6, 6.07) is 0. The minimum absolute atomic E-state index is 0.146. The zero-order chi connectivity index (χ0) is 15.7. The van der Waals surface area contributed by atoms with E-state index < -0.39 is 24.1 Å². The number of anilines is 1. The summed E-state index contributed by atoms with van der Waals surface area (Å²) in [5, 5.41) is 8.32. The smallest absolute Gasteiger partial charge is 0.338 e. The molecule has 120 valence electrons. The summed E-state index contributed by atoms with van der Waals surface area (Å²) in [4.78, 5) is 4.95. The maximum absolute atomic E-state index is 12.6. The molecule has 1 aromatic rings. The van der Waals surface area contributed by atoms with Crippen molar-refractivity contribution in [2.45, 2.75) is 24.7 Å². The lowest BCUT2D eigenvalue weighted by Gasteiger charge is -2.20. The third-order valence-corrected chi connectivity index (χ3v) is 3.04. The number of alkyl halides is 6. The highest BCUT2D eigenvalue weighted by Crippen LogP contribution is 2.45. The molecule has 0 saturated carbocycles. The van der Waals surface area contributed by atoms with Crippen molar-refractivity contribution in [2.75, 3.05) is 31.1 Å². The molecule has 2 heterocycles. The van der Waals surface area contributed by atoms with Crippen molar-refractivity contribution >= 4 is 5.95 Å². The number of aromatic amines is 1. The standard InChI is InChI=1S/C10H13F6N5/c11-9(12,13)6(10(14,15)16)7-18-8(20-19-7)21-4-1-2-17-3-5-21/h6,17H,1-5H2,(H,18,19,20). The number of H-pyrrole nitrogens is 1. The van der Waals surface area contributed by atoms with Crippen LogP contribution in [0.3, 0.4) is 0 Å². The van der Waals surface area contributed by atoms with Gasteiger partial charge in [0.05, 0.1) is 0 Å². The number of hydrogen-bond donors (Lipinski definition) is 2. The topological polar surface area (TPSA) is 56.8 Å². The van der Waals surface area contributed by atoms with Gasteiger partial charge >= 0.3 is 12.4 Å². The second-order valence-corrected chi connectivity index (χ2v) is 4.63. The van der Waals surface area contributed by atoms with E-state index in [0.717, 1.165) is 6.54 Å². The van der Waals surface area contributed by atoms with E-state index in [2.05, 4.69) is 15.4 Å². The molecule has 21 heavy (non-hydrogen) atoms. The first-order valence-electron chi connectivity index (χ1n) is 6.21. The van der Waals surface area contributed by atoms with Gasteiger partial charge in [-0.05, 0) is 13.0 Å². The summed E-state index contributed by atoms with van der Waals surface area (Å²) in [6.45, 7) is 2.17. The predicted octanol–water partition coefficient (Wildman–Crippen LogP) is 1.81. The van der Waals surface area contributed by atoms with E-state index in [1.54, 1.807) is 10.00 Å². The molecule has 11 heteroatoms. The molecule has 1 saturated heterocycles. The Morgan fingerprint density at radius 1 is 1.00 bits per heavy atom. The van der Waals surface area contributed by atoms with Crippen LogP contribution in [0, 0.1) is 0 Å². The van der Waals surface area contributed by atoms with E-state index in [1.807, 2.05) is 0 Å². The molecule has 5 nitrogen and oxygen atoms in total. The minimum atomic E-state index is -5.48. The number of hydrogen-bond acceptors (Lipinski definition) is 4. The van der Waals surface area contributed by atoms with Crippen molar-refractivity contribution in [3.8, 4) is 0 Å². The Morgan fingerprint density at radius 2 is 1.67 bits per heavy atom. The molecule has 0 atom stereocenters. The molecule has 1 aliphatic rings. The third-order valence-electron chi connectivity index (χ3n) is 3.04. The Kier molecular flexibility index (Phi) is 4.30. The molecule has 0 amide bonds. The quantitative estimate of drug-likeness (QED) is 0.817. The lowest BCUT2D eigenvalue weighted by Crippen LogP contribution is -2.35.